The summed E-state index contributed by atoms with van der Waals surface area (Å²) in [6, 6.07) is 3.74. The lowest BCUT2D eigenvalue weighted by molar-refractivity contribution is -0.117. The number of pyridine rings is 1. The molecule has 1 amide bonds. The summed E-state index contributed by atoms with van der Waals surface area (Å²) in [5, 5.41) is 6.05. The molecule has 1 aliphatic rings. The highest BCUT2D eigenvalue weighted by Crippen LogP contribution is 2.29. The number of nitrogens with zero attached hydrogens (tertiary/aromatic N) is 1. The van der Waals surface area contributed by atoms with E-state index in [-0.39, 0.29) is 11.8 Å². The Balaban J connectivity index is 1.75. The molecule has 1 aromatic rings. The molecule has 5 heteroatoms. The molecular weight excluding hydrogens is 230 g/mol. The molecule has 98 valence electrons. The first-order chi connectivity index (χ1) is 8.79. The molecule has 2 rings (SSSR count). The van der Waals surface area contributed by atoms with Gasteiger partial charge in [0.25, 0.3) is 0 Å². The second-order valence-electron chi connectivity index (χ2n) is 4.47. The summed E-state index contributed by atoms with van der Waals surface area (Å²) in [4.78, 5) is 15.7. The fourth-order valence-corrected chi connectivity index (χ4v) is 1.60. The van der Waals surface area contributed by atoms with E-state index in [4.69, 9.17) is 4.74 Å². The Hall–Kier alpha value is -1.62. The number of rotatable bonds is 7. The van der Waals surface area contributed by atoms with Crippen molar-refractivity contribution in [3.63, 3.8) is 0 Å². The van der Waals surface area contributed by atoms with Gasteiger partial charge in [-0.15, -0.1) is 0 Å². The molecular formula is C13H19N3O2. The van der Waals surface area contributed by atoms with E-state index >= 15 is 0 Å². The maximum absolute atomic E-state index is 11.5. The number of nitrogens with one attached hydrogen (secondary N) is 2. The summed E-state index contributed by atoms with van der Waals surface area (Å²) >= 11 is 0. The standard InChI is InChI=1S/C13H19N3O2/c1-18-8-2-7-14-11-5-6-12(15-9-11)16-13(17)10-3-4-10/h5-6,9-10,14H,2-4,7-8H2,1H3,(H,15,16,17). The first-order valence-corrected chi connectivity index (χ1v) is 6.29. The van der Waals surface area contributed by atoms with Crippen molar-refractivity contribution in [2.45, 2.75) is 19.3 Å². The van der Waals surface area contributed by atoms with E-state index in [0.717, 1.165) is 38.1 Å². The average molecular weight is 249 g/mol. The van der Waals surface area contributed by atoms with Crippen LogP contribution in [0.15, 0.2) is 18.3 Å². The fourth-order valence-electron chi connectivity index (χ4n) is 1.60. The molecule has 0 unspecified atom stereocenters. The van der Waals surface area contributed by atoms with Crippen LogP contribution in [0.4, 0.5) is 11.5 Å². The molecule has 0 aromatic carbocycles. The molecule has 5 nitrogen and oxygen atoms in total. The average Bonchev–Trinajstić information content (AvgIpc) is 3.21. The SMILES string of the molecule is COCCCNc1ccc(NC(=O)C2CC2)nc1. The number of ether oxygens (including phenoxy) is 1. The summed E-state index contributed by atoms with van der Waals surface area (Å²) in [7, 11) is 1.69. The first-order valence-electron chi connectivity index (χ1n) is 6.29. The van der Waals surface area contributed by atoms with Crippen LogP contribution in [0.5, 0.6) is 0 Å². The van der Waals surface area contributed by atoms with E-state index in [2.05, 4.69) is 15.6 Å². The first kappa shape index (κ1) is 12.8. The van der Waals surface area contributed by atoms with Crippen LogP contribution in [-0.2, 0) is 9.53 Å². The number of hydrogen-bond donors (Lipinski definition) is 2. The van der Waals surface area contributed by atoms with Gasteiger partial charge in [0, 0.05) is 26.2 Å². The van der Waals surface area contributed by atoms with E-state index in [1.54, 1.807) is 13.3 Å². The second-order valence-corrected chi connectivity index (χ2v) is 4.47. The highest BCUT2D eigenvalue weighted by molar-refractivity contribution is 5.93. The van der Waals surface area contributed by atoms with Gasteiger partial charge in [-0.05, 0) is 31.4 Å². The number of anilines is 2. The van der Waals surface area contributed by atoms with Crippen LogP contribution in [0.1, 0.15) is 19.3 Å². The third-order valence-corrected chi connectivity index (χ3v) is 2.82. The largest absolute Gasteiger partial charge is 0.385 e. The maximum atomic E-state index is 11.5. The van der Waals surface area contributed by atoms with Crippen molar-refractivity contribution in [1.29, 1.82) is 0 Å². The Morgan fingerprint density at radius 2 is 2.33 bits per heavy atom. The van der Waals surface area contributed by atoms with Crippen LogP contribution < -0.4 is 10.6 Å². The Kier molecular flexibility index (Phi) is 4.52. The van der Waals surface area contributed by atoms with Crippen molar-refractivity contribution in [3.8, 4) is 0 Å². The third kappa shape index (κ3) is 4.00. The topological polar surface area (TPSA) is 63.2 Å². The van der Waals surface area contributed by atoms with Crippen molar-refractivity contribution in [3.05, 3.63) is 18.3 Å². The minimum Gasteiger partial charge on any atom is -0.385 e. The lowest BCUT2D eigenvalue weighted by Gasteiger charge is -2.07. The quantitative estimate of drug-likeness (QED) is 0.724. The Morgan fingerprint density at radius 1 is 1.50 bits per heavy atom. The van der Waals surface area contributed by atoms with Crippen LogP contribution in [0.25, 0.3) is 0 Å². The Morgan fingerprint density at radius 3 is 2.94 bits per heavy atom. The normalized spacial score (nSPS) is 14.3. The van der Waals surface area contributed by atoms with E-state index in [1.165, 1.54) is 0 Å². The van der Waals surface area contributed by atoms with Crippen LogP contribution >= 0.6 is 0 Å². The highest BCUT2D eigenvalue weighted by atomic mass is 16.5. The van der Waals surface area contributed by atoms with E-state index in [9.17, 15) is 4.79 Å². The number of hydrogen-bond acceptors (Lipinski definition) is 4. The third-order valence-electron chi connectivity index (χ3n) is 2.82. The monoisotopic (exact) mass is 249 g/mol. The molecule has 1 fully saturated rings. The van der Waals surface area contributed by atoms with Gasteiger partial charge in [-0.25, -0.2) is 4.98 Å². The minimum atomic E-state index is 0.0864. The summed E-state index contributed by atoms with van der Waals surface area (Å²) in [5.74, 6) is 0.913. The molecule has 18 heavy (non-hydrogen) atoms. The lowest BCUT2D eigenvalue weighted by Crippen LogP contribution is -2.14. The molecule has 0 radical (unpaired) electrons. The second kappa shape index (κ2) is 6.35. The lowest BCUT2D eigenvalue weighted by atomic mass is 10.3. The molecule has 1 heterocycles. The summed E-state index contributed by atoms with van der Waals surface area (Å²) in [5.41, 5.74) is 0.954. The van der Waals surface area contributed by atoms with Gasteiger partial charge in [-0.2, -0.15) is 0 Å². The molecule has 1 saturated carbocycles. The molecule has 2 N–H and O–H groups in total. The van der Waals surface area contributed by atoms with Crippen LogP contribution in [0, 0.1) is 5.92 Å². The zero-order chi connectivity index (χ0) is 12.8. The summed E-state index contributed by atoms with van der Waals surface area (Å²) in [6.07, 6.45) is 4.70. The zero-order valence-electron chi connectivity index (χ0n) is 10.6. The maximum Gasteiger partial charge on any atom is 0.228 e. The van der Waals surface area contributed by atoms with Gasteiger partial charge in [0.05, 0.1) is 11.9 Å². The van der Waals surface area contributed by atoms with Gasteiger partial charge in [0.2, 0.25) is 5.91 Å². The number of carbonyl (C=O) groups excluding carboxylic acids is 1. The molecule has 0 aliphatic heterocycles. The number of methoxy groups -OCH3 is 1. The van der Waals surface area contributed by atoms with Gasteiger partial charge in [-0.3, -0.25) is 4.79 Å². The van der Waals surface area contributed by atoms with Crippen molar-refractivity contribution < 1.29 is 9.53 Å². The Labute approximate surface area is 107 Å². The molecule has 1 aromatic heterocycles. The van der Waals surface area contributed by atoms with Crippen molar-refractivity contribution in [2.24, 2.45) is 5.92 Å². The van der Waals surface area contributed by atoms with Crippen molar-refractivity contribution >= 4 is 17.4 Å². The summed E-state index contributed by atoms with van der Waals surface area (Å²) < 4.78 is 4.97. The van der Waals surface area contributed by atoms with Crippen LogP contribution in [-0.4, -0.2) is 31.2 Å². The van der Waals surface area contributed by atoms with Gasteiger partial charge >= 0.3 is 0 Å². The van der Waals surface area contributed by atoms with Gasteiger partial charge in [-0.1, -0.05) is 0 Å². The molecule has 1 aliphatic carbocycles. The number of carbonyl (C=O) groups is 1. The van der Waals surface area contributed by atoms with Crippen molar-refractivity contribution in [2.75, 3.05) is 30.9 Å². The van der Waals surface area contributed by atoms with Gasteiger partial charge < -0.3 is 15.4 Å². The van der Waals surface area contributed by atoms with E-state index in [1.807, 2.05) is 12.1 Å². The fraction of sp³-hybridized carbons (Fsp3) is 0.538. The van der Waals surface area contributed by atoms with Crippen LogP contribution in [0.2, 0.25) is 0 Å². The van der Waals surface area contributed by atoms with Gasteiger partial charge in [0.1, 0.15) is 5.82 Å². The summed E-state index contributed by atoms with van der Waals surface area (Å²) in [6.45, 7) is 1.60. The van der Waals surface area contributed by atoms with Gasteiger partial charge in [0.15, 0.2) is 0 Å². The number of aromatic nitrogens is 1. The molecule has 0 spiro atoms. The predicted octanol–water partition coefficient (Wildman–Crippen LogP) is 1.88. The molecule has 0 bridgehead atoms. The molecule has 0 atom stereocenters. The Bertz CT molecular complexity index is 388. The van der Waals surface area contributed by atoms with E-state index in [0.29, 0.717) is 5.82 Å². The minimum absolute atomic E-state index is 0.0864. The van der Waals surface area contributed by atoms with Crippen LogP contribution in [0.3, 0.4) is 0 Å². The molecule has 0 saturated heterocycles. The highest BCUT2D eigenvalue weighted by Gasteiger charge is 2.29. The van der Waals surface area contributed by atoms with E-state index < -0.39 is 0 Å². The zero-order valence-corrected chi connectivity index (χ0v) is 10.6. The predicted molar refractivity (Wildman–Crippen MR) is 70.6 cm³/mol. The smallest absolute Gasteiger partial charge is 0.228 e. The van der Waals surface area contributed by atoms with Crippen molar-refractivity contribution in [1.82, 2.24) is 4.98 Å². The number of amides is 1.